The van der Waals surface area contributed by atoms with E-state index in [0.717, 1.165) is 5.69 Å². The zero-order valence-electron chi connectivity index (χ0n) is 12.0. The van der Waals surface area contributed by atoms with Crippen molar-refractivity contribution in [2.45, 2.75) is 19.4 Å². The molecule has 0 radical (unpaired) electrons. The highest BCUT2D eigenvalue weighted by Gasteiger charge is 2.28. The van der Waals surface area contributed by atoms with E-state index in [1.807, 2.05) is 31.2 Å². The smallest absolute Gasteiger partial charge is 0.239 e. The van der Waals surface area contributed by atoms with Crippen molar-refractivity contribution in [3.63, 3.8) is 0 Å². The first-order chi connectivity index (χ1) is 10.00. The summed E-state index contributed by atoms with van der Waals surface area (Å²) in [5, 5.41) is 5.74. The molecule has 0 aliphatic carbocycles. The fourth-order valence-corrected chi connectivity index (χ4v) is 3.93. The number of carbonyl (C=O) groups is 1. The van der Waals surface area contributed by atoms with Crippen molar-refractivity contribution in [1.29, 1.82) is 0 Å². The van der Waals surface area contributed by atoms with Crippen molar-refractivity contribution in [3.8, 4) is 5.75 Å². The Hall–Kier alpha value is -1.76. The highest BCUT2D eigenvalue weighted by atomic mass is 32.2. The fraction of sp³-hybridized carbons (Fsp3) is 0.500. The summed E-state index contributed by atoms with van der Waals surface area (Å²) in [7, 11) is -2.98. The molecule has 0 aromatic heterocycles. The summed E-state index contributed by atoms with van der Waals surface area (Å²) in [4.78, 5) is 11.8. The number of rotatable bonds is 6. The maximum atomic E-state index is 11.8. The summed E-state index contributed by atoms with van der Waals surface area (Å²) >= 11 is 0. The van der Waals surface area contributed by atoms with E-state index in [1.54, 1.807) is 0 Å². The number of carbonyl (C=O) groups excluding carboxylic acids is 1. The number of hydrogen-bond acceptors (Lipinski definition) is 5. The largest absolute Gasteiger partial charge is 0.492 e. The molecule has 1 amide bonds. The van der Waals surface area contributed by atoms with Crippen molar-refractivity contribution >= 4 is 21.4 Å². The molecule has 2 rings (SSSR count). The van der Waals surface area contributed by atoms with Crippen molar-refractivity contribution in [2.24, 2.45) is 0 Å². The van der Waals surface area contributed by atoms with Gasteiger partial charge in [-0.05, 0) is 25.5 Å². The van der Waals surface area contributed by atoms with Gasteiger partial charge in [-0.1, -0.05) is 12.1 Å². The van der Waals surface area contributed by atoms with Gasteiger partial charge >= 0.3 is 0 Å². The van der Waals surface area contributed by atoms with Crippen LogP contribution in [-0.4, -0.2) is 45.0 Å². The average Bonchev–Trinajstić information content (AvgIpc) is 2.77. The van der Waals surface area contributed by atoms with Gasteiger partial charge < -0.3 is 15.4 Å². The van der Waals surface area contributed by atoms with Crippen LogP contribution < -0.4 is 15.4 Å². The fourth-order valence-electron chi connectivity index (χ4n) is 2.26. The molecule has 0 saturated carbocycles. The number of nitrogens with one attached hydrogen (secondary N) is 2. The van der Waals surface area contributed by atoms with Crippen LogP contribution in [0.2, 0.25) is 0 Å². The molecule has 0 bridgehead atoms. The van der Waals surface area contributed by atoms with E-state index in [9.17, 15) is 13.2 Å². The molecule has 21 heavy (non-hydrogen) atoms. The number of anilines is 1. The first-order valence-electron chi connectivity index (χ1n) is 6.95. The third-order valence-corrected chi connectivity index (χ3v) is 4.99. The first kappa shape index (κ1) is 15.6. The third-order valence-electron chi connectivity index (χ3n) is 3.22. The minimum absolute atomic E-state index is 0.0360. The second-order valence-electron chi connectivity index (χ2n) is 4.95. The number of hydrogen-bond donors (Lipinski definition) is 2. The molecule has 0 spiro atoms. The Bertz CT molecular complexity index is 601. The topological polar surface area (TPSA) is 84.5 Å². The molecule has 116 valence electrons. The van der Waals surface area contributed by atoms with Crippen LogP contribution in [0.5, 0.6) is 5.75 Å². The van der Waals surface area contributed by atoms with E-state index in [0.29, 0.717) is 18.8 Å². The maximum Gasteiger partial charge on any atom is 0.239 e. The van der Waals surface area contributed by atoms with Crippen LogP contribution in [0.1, 0.15) is 13.3 Å². The molecule has 1 atom stereocenters. The van der Waals surface area contributed by atoms with E-state index < -0.39 is 9.84 Å². The molecule has 1 fully saturated rings. The first-order valence-corrected chi connectivity index (χ1v) is 8.78. The van der Waals surface area contributed by atoms with Crippen LogP contribution in [0.4, 0.5) is 5.69 Å². The zero-order chi connectivity index (χ0) is 15.3. The van der Waals surface area contributed by atoms with Crippen molar-refractivity contribution < 1.29 is 17.9 Å². The van der Waals surface area contributed by atoms with Crippen LogP contribution in [-0.2, 0) is 14.6 Å². The van der Waals surface area contributed by atoms with E-state index in [2.05, 4.69) is 10.6 Å². The molecule has 0 unspecified atom stereocenters. The minimum atomic E-state index is -2.98. The van der Waals surface area contributed by atoms with Crippen LogP contribution in [0.3, 0.4) is 0 Å². The Morgan fingerprint density at radius 3 is 2.81 bits per heavy atom. The summed E-state index contributed by atoms with van der Waals surface area (Å²) in [5.41, 5.74) is 0.744. The van der Waals surface area contributed by atoms with Gasteiger partial charge in [0.25, 0.3) is 0 Å². The molecule has 1 heterocycles. The Kier molecular flexibility index (Phi) is 5.06. The van der Waals surface area contributed by atoms with Crippen molar-refractivity contribution in [1.82, 2.24) is 5.32 Å². The predicted molar refractivity (Wildman–Crippen MR) is 81.3 cm³/mol. The number of sulfone groups is 1. The van der Waals surface area contributed by atoms with Crippen molar-refractivity contribution in [2.75, 3.05) is 30.0 Å². The molecule has 1 aromatic carbocycles. The highest BCUT2D eigenvalue weighted by Crippen LogP contribution is 2.23. The second-order valence-corrected chi connectivity index (χ2v) is 7.18. The lowest BCUT2D eigenvalue weighted by Gasteiger charge is -2.14. The molecule has 6 nitrogen and oxygen atoms in total. The van der Waals surface area contributed by atoms with Crippen LogP contribution in [0.25, 0.3) is 0 Å². The zero-order valence-corrected chi connectivity index (χ0v) is 12.8. The van der Waals surface area contributed by atoms with Gasteiger partial charge in [-0.15, -0.1) is 0 Å². The second kappa shape index (κ2) is 6.80. The van der Waals surface area contributed by atoms with E-state index in [-0.39, 0.29) is 30.0 Å². The van der Waals surface area contributed by atoms with Gasteiger partial charge in [0, 0.05) is 6.04 Å². The molecule has 1 aliphatic heterocycles. The quantitative estimate of drug-likeness (QED) is 0.812. The van der Waals surface area contributed by atoms with Crippen LogP contribution >= 0.6 is 0 Å². The molecule has 2 N–H and O–H groups in total. The summed E-state index contributed by atoms with van der Waals surface area (Å²) < 4.78 is 28.1. The standard InChI is InChI=1S/C14H20N2O4S/c1-2-20-13-6-4-3-5-12(13)15-9-14(17)16-11-7-8-21(18,19)10-11/h3-6,11,15H,2,7-10H2,1H3,(H,16,17)/t11-/m1/s1. The molecule has 1 saturated heterocycles. The molecule has 1 aromatic rings. The lowest BCUT2D eigenvalue weighted by atomic mass is 10.2. The minimum Gasteiger partial charge on any atom is -0.492 e. The molecular weight excluding hydrogens is 292 g/mol. The summed E-state index contributed by atoms with van der Waals surface area (Å²) in [5.74, 6) is 0.659. The van der Waals surface area contributed by atoms with E-state index in [1.165, 1.54) is 0 Å². The van der Waals surface area contributed by atoms with Crippen molar-refractivity contribution in [3.05, 3.63) is 24.3 Å². The summed E-state index contributed by atoms with van der Waals surface area (Å²) in [6.45, 7) is 2.52. The lowest BCUT2D eigenvalue weighted by Crippen LogP contribution is -2.39. The Morgan fingerprint density at radius 1 is 1.38 bits per heavy atom. The van der Waals surface area contributed by atoms with Crippen LogP contribution in [0.15, 0.2) is 24.3 Å². The van der Waals surface area contributed by atoms with Gasteiger partial charge in [0.1, 0.15) is 5.75 Å². The Balaban J connectivity index is 1.84. The highest BCUT2D eigenvalue weighted by molar-refractivity contribution is 7.91. The van der Waals surface area contributed by atoms with Gasteiger partial charge in [0.15, 0.2) is 9.84 Å². The monoisotopic (exact) mass is 312 g/mol. The maximum absolute atomic E-state index is 11.8. The van der Waals surface area contributed by atoms with Gasteiger partial charge in [0.05, 0.1) is 30.3 Å². The van der Waals surface area contributed by atoms with Gasteiger partial charge in [-0.3, -0.25) is 4.79 Å². The van der Waals surface area contributed by atoms with Gasteiger partial charge in [-0.2, -0.15) is 0 Å². The van der Waals surface area contributed by atoms with E-state index in [4.69, 9.17) is 4.74 Å². The van der Waals surface area contributed by atoms with Crippen LogP contribution in [0, 0.1) is 0 Å². The predicted octanol–water partition coefficient (Wildman–Crippen LogP) is 0.800. The number of benzene rings is 1. The third kappa shape index (κ3) is 4.63. The number of para-hydroxylation sites is 2. The molecule has 7 heteroatoms. The number of amides is 1. The normalized spacial score (nSPS) is 20.0. The van der Waals surface area contributed by atoms with E-state index >= 15 is 0 Å². The molecule has 1 aliphatic rings. The Morgan fingerprint density at radius 2 is 2.14 bits per heavy atom. The molecular formula is C14H20N2O4S. The SMILES string of the molecule is CCOc1ccccc1NCC(=O)N[C@@H]1CCS(=O)(=O)C1. The van der Waals surface area contributed by atoms with Gasteiger partial charge in [0.2, 0.25) is 5.91 Å². The van der Waals surface area contributed by atoms with Gasteiger partial charge in [-0.25, -0.2) is 8.42 Å². The summed E-state index contributed by atoms with van der Waals surface area (Å²) in [6, 6.07) is 7.10. The number of ether oxygens (including phenoxy) is 1. The Labute approximate surface area is 124 Å². The summed E-state index contributed by atoms with van der Waals surface area (Å²) in [6.07, 6.45) is 0.490. The lowest BCUT2D eigenvalue weighted by molar-refractivity contribution is -0.119. The average molecular weight is 312 g/mol.